The molecule has 1 aliphatic carbocycles. The first-order chi connectivity index (χ1) is 6.75. The van der Waals surface area contributed by atoms with E-state index in [1.165, 1.54) is 32.1 Å². The van der Waals surface area contributed by atoms with Gasteiger partial charge in [-0.05, 0) is 19.9 Å². The molecular weight excluding hydrogens is 176 g/mol. The van der Waals surface area contributed by atoms with Gasteiger partial charge in [0.2, 0.25) is 5.91 Å². The molecule has 1 saturated heterocycles. The van der Waals surface area contributed by atoms with Crippen molar-refractivity contribution < 1.29 is 4.79 Å². The zero-order valence-electron chi connectivity index (χ0n) is 8.96. The first kappa shape index (κ1) is 9.97. The van der Waals surface area contributed by atoms with Gasteiger partial charge in [-0.2, -0.15) is 0 Å². The maximum atomic E-state index is 11.7. The molecule has 2 rings (SSSR count). The van der Waals surface area contributed by atoms with Crippen LogP contribution in [-0.4, -0.2) is 37.0 Å². The Bertz CT molecular complexity index is 205. The van der Waals surface area contributed by atoms with Crippen molar-refractivity contribution >= 4 is 5.91 Å². The van der Waals surface area contributed by atoms with Crippen molar-refractivity contribution in [3.8, 4) is 0 Å². The Balaban J connectivity index is 1.71. The number of hydrogen-bond acceptors (Lipinski definition) is 2. The quantitative estimate of drug-likeness (QED) is 0.714. The van der Waals surface area contributed by atoms with Gasteiger partial charge in [-0.1, -0.05) is 19.3 Å². The number of likely N-dealkylation sites (tertiary alicyclic amines) is 1. The molecule has 0 aromatic carbocycles. The van der Waals surface area contributed by atoms with Gasteiger partial charge in [-0.25, -0.2) is 0 Å². The summed E-state index contributed by atoms with van der Waals surface area (Å²) in [5, 5.41) is 3.18. The van der Waals surface area contributed by atoms with E-state index in [2.05, 4.69) is 17.3 Å². The molecular formula is C11H20N2O. The Hall–Kier alpha value is -0.570. The fourth-order valence-corrected chi connectivity index (χ4v) is 2.43. The number of carbonyl (C=O) groups is 1. The lowest BCUT2D eigenvalue weighted by atomic mass is 9.93. The molecule has 3 nitrogen and oxygen atoms in total. The predicted octanol–water partition coefficient (Wildman–Crippen LogP) is 0.997. The highest BCUT2D eigenvalue weighted by Gasteiger charge is 2.31. The van der Waals surface area contributed by atoms with E-state index in [4.69, 9.17) is 0 Å². The Labute approximate surface area is 85.8 Å². The Morgan fingerprint density at radius 2 is 1.86 bits per heavy atom. The molecule has 1 aliphatic heterocycles. The molecule has 2 aliphatic rings. The van der Waals surface area contributed by atoms with E-state index in [1.54, 1.807) is 0 Å². The van der Waals surface area contributed by atoms with Gasteiger partial charge in [-0.3, -0.25) is 4.79 Å². The maximum absolute atomic E-state index is 11.7. The van der Waals surface area contributed by atoms with Gasteiger partial charge < -0.3 is 10.2 Å². The summed E-state index contributed by atoms with van der Waals surface area (Å²) >= 11 is 0. The molecule has 3 heteroatoms. The minimum absolute atomic E-state index is 0.266. The topological polar surface area (TPSA) is 32.3 Å². The molecule has 0 aromatic rings. The van der Waals surface area contributed by atoms with Crippen molar-refractivity contribution in [2.75, 3.05) is 20.1 Å². The standard InChI is InChI=1S/C11H20N2O/c1-13-7-9(8-13)11(14)12-10-5-3-2-4-6-10/h9-10H,2-8H2,1H3,(H,12,14). The average Bonchev–Trinajstić information content (AvgIpc) is 2.14. The van der Waals surface area contributed by atoms with Crippen LogP contribution in [0.1, 0.15) is 32.1 Å². The van der Waals surface area contributed by atoms with Crippen LogP contribution in [0, 0.1) is 5.92 Å². The maximum Gasteiger partial charge on any atom is 0.225 e. The first-order valence-electron chi connectivity index (χ1n) is 5.74. The second-order valence-electron chi connectivity index (χ2n) is 4.76. The molecule has 1 heterocycles. The number of nitrogens with one attached hydrogen (secondary N) is 1. The molecule has 0 bridgehead atoms. The third-order valence-electron chi connectivity index (χ3n) is 3.39. The lowest BCUT2D eigenvalue weighted by Gasteiger charge is -2.36. The van der Waals surface area contributed by atoms with Crippen molar-refractivity contribution in [2.45, 2.75) is 38.1 Å². The summed E-state index contributed by atoms with van der Waals surface area (Å²) in [6.07, 6.45) is 6.30. The number of carbonyl (C=O) groups excluding carboxylic acids is 1. The Kier molecular flexibility index (Phi) is 3.06. The SMILES string of the molecule is CN1CC(C(=O)NC2CCCCC2)C1. The van der Waals surface area contributed by atoms with E-state index in [0.29, 0.717) is 6.04 Å². The van der Waals surface area contributed by atoms with Crippen molar-refractivity contribution in [1.82, 2.24) is 10.2 Å². The molecule has 0 unspecified atom stereocenters. The van der Waals surface area contributed by atoms with E-state index in [9.17, 15) is 4.79 Å². The van der Waals surface area contributed by atoms with Crippen molar-refractivity contribution in [1.29, 1.82) is 0 Å². The summed E-state index contributed by atoms with van der Waals surface area (Å²) in [5.74, 6) is 0.553. The van der Waals surface area contributed by atoms with Crippen LogP contribution >= 0.6 is 0 Å². The zero-order chi connectivity index (χ0) is 9.97. The normalized spacial score (nSPS) is 25.8. The molecule has 80 valence electrons. The second kappa shape index (κ2) is 4.30. The Morgan fingerprint density at radius 3 is 2.43 bits per heavy atom. The van der Waals surface area contributed by atoms with Gasteiger partial charge in [0.1, 0.15) is 0 Å². The smallest absolute Gasteiger partial charge is 0.225 e. The van der Waals surface area contributed by atoms with Gasteiger partial charge in [0.05, 0.1) is 5.92 Å². The van der Waals surface area contributed by atoms with Crippen molar-refractivity contribution in [3.05, 3.63) is 0 Å². The van der Waals surface area contributed by atoms with E-state index in [0.717, 1.165) is 13.1 Å². The summed E-state index contributed by atoms with van der Waals surface area (Å²) < 4.78 is 0. The van der Waals surface area contributed by atoms with Crippen LogP contribution in [0.15, 0.2) is 0 Å². The molecule has 0 atom stereocenters. The Morgan fingerprint density at radius 1 is 1.21 bits per heavy atom. The highest BCUT2D eigenvalue weighted by Crippen LogP contribution is 2.19. The van der Waals surface area contributed by atoms with Gasteiger partial charge in [0.15, 0.2) is 0 Å². The van der Waals surface area contributed by atoms with Gasteiger partial charge in [0, 0.05) is 19.1 Å². The first-order valence-corrected chi connectivity index (χ1v) is 5.74. The fourth-order valence-electron chi connectivity index (χ4n) is 2.43. The molecule has 0 aromatic heterocycles. The summed E-state index contributed by atoms with van der Waals surface area (Å²) in [6.45, 7) is 1.89. The molecule has 1 N–H and O–H groups in total. The molecule has 2 fully saturated rings. The van der Waals surface area contributed by atoms with Crippen LogP contribution in [0.5, 0.6) is 0 Å². The number of amides is 1. The predicted molar refractivity (Wildman–Crippen MR) is 56.0 cm³/mol. The molecule has 1 amide bonds. The van der Waals surface area contributed by atoms with Gasteiger partial charge >= 0.3 is 0 Å². The second-order valence-corrected chi connectivity index (χ2v) is 4.76. The summed E-state index contributed by atoms with van der Waals surface area (Å²) in [6, 6.07) is 0.474. The van der Waals surface area contributed by atoms with E-state index < -0.39 is 0 Å². The van der Waals surface area contributed by atoms with Crippen LogP contribution in [0.25, 0.3) is 0 Å². The van der Waals surface area contributed by atoms with Crippen LogP contribution in [0.3, 0.4) is 0 Å². The van der Waals surface area contributed by atoms with Crippen LogP contribution in [-0.2, 0) is 4.79 Å². The monoisotopic (exact) mass is 196 g/mol. The van der Waals surface area contributed by atoms with Crippen LogP contribution in [0.2, 0.25) is 0 Å². The summed E-state index contributed by atoms with van der Waals surface area (Å²) in [4.78, 5) is 13.9. The summed E-state index contributed by atoms with van der Waals surface area (Å²) in [5.41, 5.74) is 0. The minimum atomic E-state index is 0.266. The molecule has 0 radical (unpaired) electrons. The van der Waals surface area contributed by atoms with Crippen molar-refractivity contribution in [2.24, 2.45) is 5.92 Å². The molecule has 0 spiro atoms. The third-order valence-corrected chi connectivity index (χ3v) is 3.39. The zero-order valence-corrected chi connectivity index (χ0v) is 8.96. The lowest BCUT2D eigenvalue weighted by Crippen LogP contribution is -2.53. The minimum Gasteiger partial charge on any atom is -0.353 e. The highest BCUT2D eigenvalue weighted by molar-refractivity contribution is 5.80. The van der Waals surface area contributed by atoms with E-state index in [-0.39, 0.29) is 11.8 Å². The molecule has 14 heavy (non-hydrogen) atoms. The number of nitrogens with zero attached hydrogens (tertiary/aromatic N) is 1. The van der Waals surface area contributed by atoms with Gasteiger partial charge in [-0.15, -0.1) is 0 Å². The van der Waals surface area contributed by atoms with Crippen LogP contribution in [0.4, 0.5) is 0 Å². The fraction of sp³-hybridized carbons (Fsp3) is 0.909. The largest absolute Gasteiger partial charge is 0.353 e. The summed E-state index contributed by atoms with van der Waals surface area (Å²) in [7, 11) is 2.06. The van der Waals surface area contributed by atoms with Crippen LogP contribution < -0.4 is 5.32 Å². The lowest BCUT2D eigenvalue weighted by molar-refractivity contribution is -0.130. The average molecular weight is 196 g/mol. The van der Waals surface area contributed by atoms with E-state index in [1.807, 2.05) is 0 Å². The molecule has 1 saturated carbocycles. The highest BCUT2D eigenvalue weighted by atomic mass is 16.2. The third kappa shape index (κ3) is 2.27. The van der Waals surface area contributed by atoms with Gasteiger partial charge in [0.25, 0.3) is 0 Å². The van der Waals surface area contributed by atoms with Crippen molar-refractivity contribution in [3.63, 3.8) is 0 Å². The van der Waals surface area contributed by atoms with E-state index >= 15 is 0 Å². The number of hydrogen-bond donors (Lipinski definition) is 1. The number of rotatable bonds is 2.